The number of carbonyl (C=O) groups is 2. The first-order valence-corrected chi connectivity index (χ1v) is 12.3. The third-order valence-electron chi connectivity index (χ3n) is 4.86. The fraction of sp³-hybridized carbons (Fsp3) is 0.619. The van der Waals surface area contributed by atoms with Crippen LogP contribution >= 0.6 is 0 Å². The minimum absolute atomic E-state index is 0.0770. The molecular formula is C21H34N4O4S. The summed E-state index contributed by atoms with van der Waals surface area (Å²) in [4.78, 5) is 23.8. The fourth-order valence-corrected chi connectivity index (χ4v) is 4.87. The Morgan fingerprint density at radius 1 is 1.00 bits per heavy atom. The molecule has 1 aliphatic rings. The third kappa shape index (κ3) is 9.58. The van der Waals surface area contributed by atoms with E-state index in [9.17, 15) is 18.0 Å². The SMILES string of the molecule is CC(C)NS(=O)(=O)Cc1ccc(CNC(=O)CCNC(=O)NC2CCCCC2)cc1. The summed E-state index contributed by atoms with van der Waals surface area (Å²) in [6, 6.07) is 6.99. The quantitative estimate of drug-likeness (QED) is 0.448. The van der Waals surface area contributed by atoms with Gasteiger partial charge < -0.3 is 16.0 Å². The minimum atomic E-state index is -3.36. The molecule has 1 saturated carbocycles. The van der Waals surface area contributed by atoms with Crippen molar-refractivity contribution >= 4 is 22.0 Å². The van der Waals surface area contributed by atoms with E-state index in [-0.39, 0.29) is 42.7 Å². The molecule has 0 saturated heterocycles. The van der Waals surface area contributed by atoms with Crippen molar-refractivity contribution < 1.29 is 18.0 Å². The summed E-state index contributed by atoms with van der Waals surface area (Å²) in [6.45, 7) is 4.19. The first-order chi connectivity index (χ1) is 14.2. The average molecular weight is 439 g/mol. The fourth-order valence-electron chi connectivity index (χ4n) is 3.44. The van der Waals surface area contributed by atoms with Crippen LogP contribution in [0.1, 0.15) is 63.5 Å². The molecule has 0 aromatic heterocycles. The lowest BCUT2D eigenvalue weighted by Gasteiger charge is -2.22. The van der Waals surface area contributed by atoms with Crippen LogP contribution in [0.2, 0.25) is 0 Å². The van der Waals surface area contributed by atoms with Gasteiger partial charge in [-0.25, -0.2) is 17.9 Å². The van der Waals surface area contributed by atoms with Gasteiger partial charge in [-0.05, 0) is 37.8 Å². The molecule has 0 heterocycles. The van der Waals surface area contributed by atoms with Gasteiger partial charge in [0.25, 0.3) is 0 Å². The highest BCUT2D eigenvalue weighted by molar-refractivity contribution is 7.88. The molecule has 0 unspecified atom stereocenters. The Kier molecular flexibility index (Phi) is 9.58. The van der Waals surface area contributed by atoms with Gasteiger partial charge in [-0.15, -0.1) is 0 Å². The highest BCUT2D eigenvalue weighted by atomic mass is 32.2. The van der Waals surface area contributed by atoms with E-state index in [4.69, 9.17) is 0 Å². The summed E-state index contributed by atoms with van der Waals surface area (Å²) >= 11 is 0. The lowest BCUT2D eigenvalue weighted by molar-refractivity contribution is -0.121. The number of urea groups is 1. The maximum atomic E-state index is 12.0. The standard InChI is InChI=1S/C21H34N4O4S/c1-16(2)25-30(28,29)15-18-10-8-17(9-11-18)14-23-20(26)12-13-22-21(27)24-19-6-4-3-5-7-19/h8-11,16,19,25H,3-7,12-15H2,1-2H3,(H,23,26)(H2,22,24,27). The van der Waals surface area contributed by atoms with Gasteiger partial charge >= 0.3 is 6.03 Å². The molecule has 9 heteroatoms. The molecule has 168 valence electrons. The summed E-state index contributed by atoms with van der Waals surface area (Å²) in [5.74, 6) is -0.229. The van der Waals surface area contributed by atoms with Crippen molar-refractivity contribution in [2.75, 3.05) is 6.54 Å². The number of carbonyl (C=O) groups excluding carboxylic acids is 2. The smallest absolute Gasteiger partial charge is 0.315 e. The molecule has 0 radical (unpaired) electrons. The van der Waals surface area contributed by atoms with E-state index >= 15 is 0 Å². The molecule has 0 bridgehead atoms. The molecular weight excluding hydrogens is 404 g/mol. The second-order valence-electron chi connectivity index (χ2n) is 8.11. The molecule has 4 N–H and O–H groups in total. The van der Waals surface area contributed by atoms with Crippen LogP contribution in [0.4, 0.5) is 4.79 Å². The van der Waals surface area contributed by atoms with Crippen LogP contribution in [-0.2, 0) is 27.1 Å². The van der Waals surface area contributed by atoms with E-state index in [0.717, 1.165) is 31.2 Å². The Hall–Kier alpha value is -2.13. The number of benzene rings is 1. The highest BCUT2D eigenvalue weighted by Crippen LogP contribution is 2.17. The lowest BCUT2D eigenvalue weighted by atomic mass is 9.96. The predicted octanol–water partition coefficient (Wildman–Crippen LogP) is 2.15. The largest absolute Gasteiger partial charge is 0.352 e. The molecule has 0 atom stereocenters. The van der Waals surface area contributed by atoms with Gasteiger partial charge in [0, 0.05) is 31.6 Å². The summed E-state index contributed by atoms with van der Waals surface area (Å²) < 4.78 is 26.5. The van der Waals surface area contributed by atoms with Crippen LogP contribution in [-0.4, -0.2) is 39.0 Å². The third-order valence-corrected chi connectivity index (χ3v) is 6.41. The van der Waals surface area contributed by atoms with E-state index in [1.807, 2.05) is 0 Å². The van der Waals surface area contributed by atoms with Crippen molar-refractivity contribution in [2.24, 2.45) is 0 Å². The first kappa shape index (κ1) is 24.1. The molecule has 8 nitrogen and oxygen atoms in total. The summed E-state index contributed by atoms with van der Waals surface area (Å²) in [5.41, 5.74) is 1.57. The molecule has 1 fully saturated rings. The van der Waals surface area contributed by atoms with E-state index in [1.165, 1.54) is 6.42 Å². The Labute approximate surface area is 179 Å². The summed E-state index contributed by atoms with van der Waals surface area (Å²) in [7, 11) is -3.36. The van der Waals surface area contributed by atoms with Gasteiger partial charge in [-0.1, -0.05) is 43.5 Å². The summed E-state index contributed by atoms with van der Waals surface area (Å²) in [6.07, 6.45) is 5.78. The van der Waals surface area contributed by atoms with Gasteiger partial charge in [0.2, 0.25) is 15.9 Å². The average Bonchev–Trinajstić information content (AvgIpc) is 2.67. The Bertz CT molecular complexity index is 788. The van der Waals surface area contributed by atoms with Crippen molar-refractivity contribution in [3.63, 3.8) is 0 Å². The topological polar surface area (TPSA) is 116 Å². The number of hydrogen-bond donors (Lipinski definition) is 4. The maximum Gasteiger partial charge on any atom is 0.315 e. The van der Waals surface area contributed by atoms with E-state index < -0.39 is 10.0 Å². The zero-order chi connectivity index (χ0) is 22.0. The van der Waals surface area contributed by atoms with Crippen molar-refractivity contribution in [1.82, 2.24) is 20.7 Å². The molecule has 1 aliphatic carbocycles. The molecule has 3 amide bonds. The minimum Gasteiger partial charge on any atom is -0.352 e. The second kappa shape index (κ2) is 11.9. The number of hydrogen-bond acceptors (Lipinski definition) is 4. The lowest BCUT2D eigenvalue weighted by Crippen LogP contribution is -2.43. The molecule has 0 aliphatic heterocycles. The normalized spacial score (nSPS) is 15.0. The zero-order valence-corrected chi connectivity index (χ0v) is 18.7. The van der Waals surface area contributed by atoms with Crippen molar-refractivity contribution in [1.29, 1.82) is 0 Å². The van der Waals surface area contributed by atoms with Crippen LogP contribution in [0, 0.1) is 0 Å². The maximum absolute atomic E-state index is 12.0. The number of amides is 3. The van der Waals surface area contributed by atoms with Crippen molar-refractivity contribution in [3.8, 4) is 0 Å². The van der Waals surface area contributed by atoms with Gasteiger partial charge in [-0.3, -0.25) is 4.79 Å². The molecule has 30 heavy (non-hydrogen) atoms. The number of nitrogens with one attached hydrogen (secondary N) is 4. The van der Waals surface area contributed by atoms with Crippen molar-refractivity contribution in [2.45, 2.75) is 76.8 Å². The monoisotopic (exact) mass is 438 g/mol. The van der Waals surface area contributed by atoms with E-state index in [0.29, 0.717) is 12.1 Å². The summed E-state index contributed by atoms with van der Waals surface area (Å²) in [5, 5.41) is 8.49. The number of sulfonamides is 1. The molecule has 1 aromatic carbocycles. The predicted molar refractivity (Wildman–Crippen MR) is 117 cm³/mol. The zero-order valence-electron chi connectivity index (χ0n) is 17.9. The van der Waals surface area contributed by atoms with Crippen LogP contribution in [0.3, 0.4) is 0 Å². The molecule has 0 spiro atoms. The van der Waals surface area contributed by atoms with E-state index in [1.54, 1.807) is 38.1 Å². The molecule has 2 rings (SSSR count). The first-order valence-electron chi connectivity index (χ1n) is 10.6. The molecule has 1 aromatic rings. The van der Waals surface area contributed by atoms with Crippen LogP contribution < -0.4 is 20.7 Å². The van der Waals surface area contributed by atoms with E-state index in [2.05, 4.69) is 20.7 Å². The highest BCUT2D eigenvalue weighted by Gasteiger charge is 2.15. The van der Waals surface area contributed by atoms with Gasteiger partial charge in [0.1, 0.15) is 0 Å². The van der Waals surface area contributed by atoms with Crippen LogP contribution in [0.15, 0.2) is 24.3 Å². The Balaban J connectivity index is 1.65. The van der Waals surface area contributed by atoms with Crippen LogP contribution in [0.5, 0.6) is 0 Å². The van der Waals surface area contributed by atoms with Crippen molar-refractivity contribution in [3.05, 3.63) is 35.4 Å². The number of rotatable bonds is 10. The van der Waals surface area contributed by atoms with Gasteiger partial charge in [-0.2, -0.15) is 0 Å². The second-order valence-corrected chi connectivity index (χ2v) is 9.86. The van der Waals surface area contributed by atoms with Crippen LogP contribution in [0.25, 0.3) is 0 Å². The van der Waals surface area contributed by atoms with Gasteiger partial charge in [0.05, 0.1) is 5.75 Å². The van der Waals surface area contributed by atoms with Gasteiger partial charge in [0.15, 0.2) is 0 Å². The Morgan fingerprint density at radius 3 is 2.27 bits per heavy atom. The Morgan fingerprint density at radius 2 is 1.63 bits per heavy atom.